The molecular formula is C10H26AlN. The van der Waals surface area contributed by atoms with Gasteiger partial charge in [-0.05, 0) is 20.6 Å². The fraction of sp³-hybridized carbons (Fsp3) is 1.00. The maximum atomic E-state index is 2.32. The van der Waals surface area contributed by atoms with E-state index in [1.165, 1.54) is 15.8 Å². The van der Waals surface area contributed by atoms with E-state index >= 15 is 0 Å². The lowest BCUT2D eigenvalue weighted by atomic mass is 10.7. The number of hydrogen-bond donors (Lipinski definition) is 0. The van der Waals surface area contributed by atoms with Crippen molar-refractivity contribution in [2.24, 2.45) is 0 Å². The van der Waals surface area contributed by atoms with Gasteiger partial charge in [0.25, 0.3) is 14.1 Å². The van der Waals surface area contributed by atoms with E-state index in [2.05, 4.69) is 46.7 Å². The predicted molar refractivity (Wildman–Crippen MR) is 61.4 cm³/mol. The Kier molecular flexibility index (Phi) is 14.4. The third-order valence-electron chi connectivity index (χ3n) is 2.36. The summed E-state index contributed by atoms with van der Waals surface area (Å²) >= 11 is -0.171. The highest BCUT2D eigenvalue weighted by Gasteiger charge is 2.05. The van der Waals surface area contributed by atoms with Crippen molar-refractivity contribution in [2.75, 3.05) is 20.6 Å². The summed E-state index contributed by atoms with van der Waals surface area (Å²) in [5, 5.41) is 4.48. The zero-order valence-electron chi connectivity index (χ0n) is 9.85. The largest absolute Gasteiger partial charge is 0.310 e. The summed E-state index contributed by atoms with van der Waals surface area (Å²) in [7, 11) is 4.11. The van der Waals surface area contributed by atoms with Crippen molar-refractivity contribution in [1.82, 2.24) is 4.90 Å². The van der Waals surface area contributed by atoms with Crippen molar-refractivity contribution in [3.63, 3.8) is 0 Å². The van der Waals surface area contributed by atoms with Gasteiger partial charge in [0.15, 0.2) is 0 Å². The molecule has 0 unspecified atom stereocenters. The van der Waals surface area contributed by atoms with E-state index in [-0.39, 0.29) is 14.1 Å². The second-order valence-corrected chi connectivity index (χ2v) is 7.67. The van der Waals surface area contributed by atoms with Crippen LogP contribution >= 0.6 is 0 Å². The molecule has 0 bridgehead atoms. The Morgan fingerprint density at radius 3 is 1.08 bits per heavy atom. The van der Waals surface area contributed by atoms with Crippen LogP contribution in [0.15, 0.2) is 0 Å². The van der Waals surface area contributed by atoms with Crippen molar-refractivity contribution in [1.29, 1.82) is 0 Å². The molecule has 0 N–H and O–H groups in total. The fourth-order valence-corrected chi connectivity index (χ4v) is 2.60. The maximum absolute atomic E-state index is 2.32. The van der Waals surface area contributed by atoms with Gasteiger partial charge in [-0.15, -0.1) is 0 Å². The fourth-order valence-electron chi connectivity index (χ4n) is 0.866. The van der Waals surface area contributed by atoms with Crippen molar-refractivity contribution in [3.8, 4) is 0 Å². The Hall–Kier alpha value is 0.492. The van der Waals surface area contributed by atoms with Gasteiger partial charge in [-0.1, -0.05) is 43.5 Å². The van der Waals surface area contributed by atoms with Gasteiger partial charge in [0.1, 0.15) is 0 Å². The van der Waals surface area contributed by atoms with E-state index in [0.29, 0.717) is 0 Å². The summed E-state index contributed by atoms with van der Waals surface area (Å²) in [5.74, 6) is 0. The highest BCUT2D eigenvalue weighted by Crippen LogP contribution is 2.01. The molecule has 0 aromatic carbocycles. The lowest BCUT2D eigenvalue weighted by molar-refractivity contribution is 0.434. The van der Waals surface area contributed by atoms with Crippen LogP contribution in [0.2, 0.25) is 15.8 Å². The molecule has 2 heteroatoms. The molecule has 0 spiro atoms. The lowest BCUT2D eigenvalue weighted by Gasteiger charge is -2.00. The van der Waals surface area contributed by atoms with Gasteiger partial charge < -0.3 is 4.90 Å². The molecule has 0 heterocycles. The van der Waals surface area contributed by atoms with Crippen LogP contribution in [0, 0.1) is 0 Å². The van der Waals surface area contributed by atoms with Crippen molar-refractivity contribution in [2.45, 2.75) is 43.5 Å². The van der Waals surface area contributed by atoms with Crippen LogP contribution < -0.4 is 0 Å². The van der Waals surface area contributed by atoms with Gasteiger partial charge in [-0.3, -0.25) is 0 Å². The van der Waals surface area contributed by atoms with Crippen LogP contribution in [0.1, 0.15) is 27.7 Å². The molecule has 12 heavy (non-hydrogen) atoms. The Morgan fingerprint density at radius 2 is 1.08 bits per heavy atom. The second kappa shape index (κ2) is 11.5. The average Bonchev–Trinajstić information content (AvgIpc) is 2.09. The number of rotatable bonds is 4. The molecule has 0 radical (unpaired) electrons. The van der Waals surface area contributed by atoms with E-state index in [9.17, 15) is 0 Å². The molecular weight excluding hydrogens is 161 g/mol. The van der Waals surface area contributed by atoms with Gasteiger partial charge in [-0.25, -0.2) is 0 Å². The zero-order valence-corrected chi connectivity index (χ0v) is 11.0. The zero-order chi connectivity index (χ0) is 9.98. The Labute approximate surface area is 83.5 Å². The highest BCUT2D eigenvalue weighted by molar-refractivity contribution is 6.58. The Bertz CT molecular complexity index is 64.7. The summed E-state index contributed by atoms with van der Waals surface area (Å²) in [6.45, 7) is 10.2. The van der Waals surface area contributed by atoms with Crippen molar-refractivity contribution >= 4 is 14.1 Å². The smallest absolute Gasteiger partial charge is 0.261 e. The third kappa shape index (κ3) is 13.1. The van der Waals surface area contributed by atoms with Crippen LogP contribution in [-0.2, 0) is 0 Å². The van der Waals surface area contributed by atoms with Crippen LogP contribution in [0.5, 0.6) is 0 Å². The molecule has 74 valence electrons. The quantitative estimate of drug-likeness (QED) is 0.611. The van der Waals surface area contributed by atoms with Crippen LogP contribution in [0.3, 0.4) is 0 Å². The first-order valence-electron chi connectivity index (χ1n) is 5.26. The van der Waals surface area contributed by atoms with Gasteiger partial charge in [0.2, 0.25) is 0 Å². The molecule has 0 atom stereocenters. The Balaban J connectivity index is 0. The summed E-state index contributed by atoms with van der Waals surface area (Å²) < 4.78 is 0. The summed E-state index contributed by atoms with van der Waals surface area (Å²) in [5.41, 5.74) is 0. The minimum absolute atomic E-state index is 0.171. The van der Waals surface area contributed by atoms with Crippen LogP contribution in [0.25, 0.3) is 0 Å². The van der Waals surface area contributed by atoms with E-state index < -0.39 is 0 Å². The van der Waals surface area contributed by atoms with E-state index in [4.69, 9.17) is 0 Å². The van der Waals surface area contributed by atoms with E-state index in [1.54, 1.807) is 0 Å². The van der Waals surface area contributed by atoms with Crippen LogP contribution in [0.4, 0.5) is 0 Å². The molecule has 0 aromatic heterocycles. The summed E-state index contributed by atoms with van der Waals surface area (Å²) in [6, 6.07) is 0. The van der Waals surface area contributed by atoms with Gasteiger partial charge in [0, 0.05) is 0 Å². The molecule has 1 nitrogen and oxygen atoms in total. The molecule has 0 amide bonds. The molecule has 0 saturated heterocycles. The molecule has 0 aliphatic heterocycles. The Morgan fingerprint density at radius 1 is 0.833 bits per heavy atom. The average molecular weight is 187 g/mol. The van der Waals surface area contributed by atoms with Gasteiger partial charge >= 0.3 is 0 Å². The molecule has 0 aromatic rings. The first kappa shape index (κ1) is 15.0. The number of nitrogens with zero attached hydrogens (tertiary/aromatic N) is 1. The molecule has 0 rings (SSSR count). The third-order valence-corrected chi connectivity index (χ3v) is 5.83. The maximum Gasteiger partial charge on any atom is 0.261 e. The SMILES string of the molecule is CCN(C)C.C[CH2][Al]([CH2]C)[CH2]C. The van der Waals surface area contributed by atoms with Gasteiger partial charge in [0.05, 0.1) is 0 Å². The first-order valence-corrected chi connectivity index (χ1v) is 7.71. The van der Waals surface area contributed by atoms with Crippen molar-refractivity contribution < 1.29 is 0 Å². The topological polar surface area (TPSA) is 3.24 Å². The molecule has 0 aliphatic carbocycles. The normalized spacial score (nSPS) is 9.25. The standard InChI is InChI=1S/C4H11N.3C2H5.Al/c1-4-5(2)3;3*1-2;/h4H2,1-3H3;3*1H2,2H3;. The second-order valence-electron chi connectivity index (χ2n) is 3.49. The molecule has 0 fully saturated rings. The van der Waals surface area contributed by atoms with Crippen molar-refractivity contribution in [3.05, 3.63) is 0 Å². The van der Waals surface area contributed by atoms with Crippen LogP contribution in [-0.4, -0.2) is 39.7 Å². The minimum atomic E-state index is -0.171. The predicted octanol–water partition coefficient (Wildman–Crippen LogP) is 3.11. The van der Waals surface area contributed by atoms with Gasteiger partial charge in [-0.2, -0.15) is 0 Å². The highest BCUT2D eigenvalue weighted by atomic mass is 27.2. The molecule has 0 saturated carbocycles. The van der Waals surface area contributed by atoms with E-state index in [1.807, 2.05) is 0 Å². The number of hydrogen-bond acceptors (Lipinski definition) is 1. The minimum Gasteiger partial charge on any atom is -0.310 e. The summed E-state index contributed by atoms with van der Waals surface area (Å²) in [4.78, 5) is 2.12. The molecule has 0 aliphatic rings. The first-order chi connectivity index (χ1) is 5.62. The monoisotopic (exact) mass is 187 g/mol. The van der Waals surface area contributed by atoms with E-state index in [0.717, 1.165) is 6.54 Å². The summed E-state index contributed by atoms with van der Waals surface area (Å²) in [6.07, 6.45) is 0. The lowest BCUT2D eigenvalue weighted by Crippen LogP contribution is -2.08.